The lowest BCUT2D eigenvalue weighted by Crippen LogP contribution is -2.42. The molecule has 0 N–H and O–H groups in total. The van der Waals surface area contributed by atoms with E-state index in [9.17, 15) is 4.79 Å². The summed E-state index contributed by atoms with van der Waals surface area (Å²) in [6.07, 6.45) is 1.96. The molecule has 0 amide bonds. The molecule has 6 heteroatoms. The summed E-state index contributed by atoms with van der Waals surface area (Å²) in [6.45, 7) is 1.79. The van der Waals surface area contributed by atoms with Crippen LogP contribution in [0.25, 0.3) is 0 Å². The monoisotopic (exact) mass is 435 g/mol. The summed E-state index contributed by atoms with van der Waals surface area (Å²) < 4.78 is 4.71. The summed E-state index contributed by atoms with van der Waals surface area (Å²) in [4.78, 5) is 16.9. The maximum Gasteiger partial charge on any atom is 0.337 e. The molecule has 1 aromatic carbocycles. The van der Waals surface area contributed by atoms with Crippen molar-refractivity contribution in [3.63, 3.8) is 0 Å². The third-order valence-corrected chi connectivity index (χ3v) is 7.16. The molecule has 1 aliphatic rings. The number of hydroxylamine groups is 2. The molecule has 124 valence electrons. The Balaban J connectivity index is 0.00000242. The average molecular weight is 437 g/mol. The van der Waals surface area contributed by atoms with E-state index in [-0.39, 0.29) is 22.5 Å². The third-order valence-electron chi connectivity index (χ3n) is 3.89. The molecule has 1 aliphatic heterocycles. The van der Waals surface area contributed by atoms with Gasteiger partial charge in [-0.25, -0.2) is 4.79 Å². The largest absolute Gasteiger partial charge is 0.465 e. The molecule has 0 spiro atoms. The van der Waals surface area contributed by atoms with E-state index in [0.717, 1.165) is 31.5 Å². The third kappa shape index (κ3) is 4.31. The Morgan fingerprint density at radius 2 is 1.77 bits per heavy atom. The maximum absolute atomic E-state index is 11.5. The number of hydrogen-bond donors (Lipinski definition) is 0. The number of benzene rings is 1. The highest BCUT2D eigenvalue weighted by Gasteiger charge is 2.39. The Labute approximate surface area is 149 Å². The predicted molar refractivity (Wildman–Crippen MR) is 95.7 cm³/mol. The van der Waals surface area contributed by atoms with E-state index in [0.29, 0.717) is 5.56 Å². The highest BCUT2D eigenvalue weighted by atomic mass is 79.9. The van der Waals surface area contributed by atoms with Crippen molar-refractivity contribution in [1.29, 1.82) is 0 Å². The van der Waals surface area contributed by atoms with E-state index in [1.54, 1.807) is 19.2 Å². The van der Waals surface area contributed by atoms with Crippen LogP contribution in [0.4, 0.5) is 0 Å². The van der Waals surface area contributed by atoms with Crippen LogP contribution in [0, 0.1) is 0 Å². The zero-order valence-electron chi connectivity index (χ0n) is 12.1. The van der Waals surface area contributed by atoms with Crippen LogP contribution >= 0.6 is 31.9 Å². The van der Waals surface area contributed by atoms with E-state index < -0.39 is 0 Å². The molecule has 2 rings (SSSR count). The zero-order valence-corrected chi connectivity index (χ0v) is 15.3. The fourth-order valence-corrected chi connectivity index (χ4v) is 3.88. The van der Waals surface area contributed by atoms with Crippen molar-refractivity contribution in [3.8, 4) is 0 Å². The highest BCUT2D eigenvalue weighted by molar-refractivity contribution is 9.12. The maximum atomic E-state index is 11.5. The van der Waals surface area contributed by atoms with Gasteiger partial charge in [0.15, 0.2) is 0 Å². The number of alkyl halides is 2. The molecule has 1 saturated heterocycles. The predicted octanol–water partition coefficient (Wildman–Crippen LogP) is 4.34. The molecular weight excluding hydrogens is 414 g/mol. The molecule has 1 fully saturated rings. The molecule has 0 saturated carbocycles. The molecule has 0 bridgehead atoms. The lowest BCUT2D eigenvalue weighted by atomic mass is 9.90. The van der Waals surface area contributed by atoms with Gasteiger partial charge in [-0.2, -0.15) is 5.06 Å². The van der Waals surface area contributed by atoms with Crippen LogP contribution in [-0.4, -0.2) is 42.7 Å². The number of ether oxygens (including phenoxy) is 1. The van der Waals surface area contributed by atoms with E-state index in [1.807, 2.05) is 17.2 Å². The second-order valence-corrected chi connectivity index (χ2v) is 7.62. The minimum Gasteiger partial charge on any atom is -0.465 e. The number of carbonyl (C=O) groups excluding carboxylic acids is 1. The molecule has 22 heavy (non-hydrogen) atoms. The van der Waals surface area contributed by atoms with Gasteiger partial charge < -0.3 is 9.57 Å². The van der Waals surface area contributed by atoms with Crippen LogP contribution in [0.1, 0.15) is 41.0 Å². The SMILES string of the molecule is C.COC(=O)c1ccc(C(Br)C2(Br)CCN(OC)CC2)cc1. The Hall–Kier alpha value is -0.430. The Kier molecular flexibility index (Phi) is 7.52. The van der Waals surface area contributed by atoms with Crippen LogP contribution in [-0.2, 0) is 9.57 Å². The van der Waals surface area contributed by atoms with Gasteiger partial charge in [-0.15, -0.1) is 0 Å². The normalized spacial score (nSPS) is 19.1. The molecule has 4 nitrogen and oxygen atoms in total. The summed E-state index contributed by atoms with van der Waals surface area (Å²) in [6, 6.07) is 7.54. The molecule has 1 heterocycles. The Morgan fingerprint density at radius 1 is 1.23 bits per heavy atom. The first kappa shape index (κ1) is 19.6. The first-order chi connectivity index (χ1) is 10.00. The lowest BCUT2D eigenvalue weighted by Gasteiger charge is -2.40. The summed E-state index contributed by atoms with van der Waals surface area (Å²) in [5.41, 5.74) is 1.71. The van der Waals surface area contributed by atoms with E-state index in [4.69, 9.17) is 9.57 Å². The van der Waals surface area contributed by atoms with Crippen molar-refractivity contribution >= 4 is 37.8 Å². The number of carbonyl (C=O) groups is 1. The minimum absolute atomic E-state index is 0. The van der Waals surface area contributed by atoms with Gasteiger partial charge >= 0.3 is 5.97 Å². The van der Waals surface area contributed by atoms with E-state index in [2.05, 4.69) is 31.9 Å². The van der Waals surface area contributed by atoms with Gasteiger partial charge in [0.2, 0.25) is 0 Å². The second-order valence-electron chi connectivity index (χ2n) is 5.12. The molecule has 1 aromatic rings. The number of halogens is 2. The van der Waals surface area contributed by atoms with Crippen LogP contribution in [0.15, 0.2) is 24.3 Å². The molecule has 0 aliphatic carbocycles. The minimum atomic E-state index is -0.311. The van der Waals surface area contributed by atoms with Crippen molar-refractivity contribution < 1.29 is 14.4 Å². The quantitative estimate of drug-likeness (QED) is 0.519. The molecule has 0 radical (unpaired) electrons. The van der Waals surface area contributed by atoms with Crippen molar-refractivity contribution in [2.45, 2.75) is 29.4 Å². The van der Waals surface area contributed by atoms with Gasteiger partial charge in [0.05, 0.1) is 24.6 Å². The fourth-order valence-electron chi connectivity index (χ4n) is 2.50. The van der Waals surface area contributed by atoms with Crippen LogP contribution < -0.4 is 0 Å². The van der Waals surface area contributed by atoms with Crippen LogP contribution in [0.5, 0.6) is 0 Å². The Morgan fingerprint density at radius 3 is 2.23 bits per heavy atom. The van der Waals surface area contributed by atoms with Crippen molar-refractivity contribution in [3.05, 3.63) is 35.4 Å². The molecule has 0 aromatic heterocycles. The number of methoxy groups -OCH3 is 1. The van der Waals surface area contributed by atoms with Gasteiger partial charge in [-0.1, -0.05) is 51.4 Å². The zero-order chi connectivity index (χ0) is 15.5. The topological polar surface area (TPSA) is 38.8 Å². The van der Waals surface area contributed by atoms with Crippen molar-refractivity contribution in [1.82, 2.24) is 5.06 Å². The summed E-state index contributed by atoms with van der Waals surface area (Å²) in [7, 11) is 3.10. The highest BCUT2D eigenvalue weighted by Crippen LogP contribution is 2.47. The molecule has 1 unspecified atom stereocenters. The summed E-state index contributed by atoms with van der Waals surface area (Å²) in [5, 5.41) is 1.97. The first-order valence-electron chi connectivity index (χ1n) is 6.80. The number of nitrogens with zero attached hydrogens (tertiary/aromatic N) is 1. The van der Waals surface area contributed by atoms with Gasteiger partial charge in [0.25, 0.3) is 0 Å². The van der Waals surface area contributed by atoms with Gasteiger partial charge in [0.1, 0.15) is 0 Å². The fraction of sp³-hybridized carbons (Fsp3) is 0.562. The summed E-state index contributed by atoms with van der Waals surface area (Å²) >= 11 is 7.70. The van der Waals surface area contributed by atoms with Crippen molar-refractivity contribution in [2.75, 3.05) is 27.3 Å². The standard InChI is InChI=1S/C15H19Br2NO3.CH4/c1-20-14(19)12-5-3-11(4-6-12)13(16)15(17)7-9-18(21-2)10-8-15;/h3-6,13H,7-10H2,1-2H3;1H4. The van der Waals surface area contributed by atoms with E-state index >= 15 is 0 Å². The molecular formula is C16H23Br2NO3. The Bertz CT molecular complexity index is 485. The molecule has 1 atom stereocenters. The number of piperidine rings is 1. The first-order valence-corrected chi connectivity index (χ1v) is 8.51. The number of rotatable bonds is 4. The average Bonchev–Trinajstić information content (AvgIpc) is 2.54. The number of esters is 1. The second kappa shape index (κ2) is 8.43. The smallest absolute Gasteiger partial charge is 0.337 e. The lowest BCUT2D eigenvalue weighted by molar-refractivity contribution is -0.144. The van der Waals surface area contributed by atoms with Crippen LogP contribution in [0.3, 0.4) is 0 Å². The number of hydrogen-bond acceptors (Lipinski definition) is 4. The van der Waals surface area contributed by atoms with Crippen molar-refractivity contribution in [2.24, 2.45) is 0 Å². The van der Waals surface area contributed by atoms with Crippen LogP contribution in [0.2, 0.25) is 0 Å². The van der Waals surface area contributed by atoms with Gasteiger partial charge in [-0.3, -0.25) is 0 Å². The van der Waals surface area contributed by atoms with E-state index in [1.165, 1.54) is 7.11 Å². The summed E-state index contributed by atoms with van der Waals surface area (Å²) in [5.74, 6) is -0.311. The van der Waals surface area contributed by atoms with Gasteiger partial charge in [-0.05, 0) is 30.5 Å². The van der Waals surface area contributed by atoms with Gasteiger partial charge in [0, 0.05) is 17.4 Å².